The summed E-state index contributed by atoms with van der Waals surface area (Å²) in [6.45, 7) is 1.65. The summed E-state index contributed by atoms with van der Waals surface area (Å²) in [7, 11) is -4.34. The fraction of sp³-hybridized carbons (Fsp3) is 0.400. The molecule has 0 saturated carbocycles. The Balaban J connectivity index is 2.35. The molecule has 0 aliphatic heterocycles. The van der Waals surface area contributed by atoms with E-state index in [4.69, 9.17) is 9.79 Å². The van der Waals surface area contributed by atoms with Gasteiger partial charge >= 0.3 is 7.82 Å². The highest BCUT2D eigenvalue weighted by Gasteiger charge is 2.18. The molecule has 5 heteroatoms. The maximum atomic E-state index is 10.5. The van der Waals surface area contributed by atoms with Crippen molar-refractivity contribution in [1.29, 1.82) is 0 Å². The Morgan fingerprint density at radius 1 is 1.33 bits per heavy atom. The van der Waals surface area contributed by atoms with Gasteiger partial charge < -0.3 is 9.79 Å². The molecule has 0 aliphatic rings. The lowest BCUT2D eigenvalue weighted by Crippen LogP contribution is -2.07. The average molecular weight is 230 g/mol. The van der Waals surface area contributed by atoms with Crippen LogP contribution in [0.3, 0.4) is 0 Å². The van der Waals surface area contributed by atoms with Gasteiger partial charge in [-0.2, -0.15) is 0 Å². The van der Waals surface area contributed by atoms with Crippen molar-refractivity contribution in [3.63, 3.8) is 0 Å². The van der Waals surface area contributed by atoms with E-state index in [2.05, 4.69) is 4.52 Å². The van der Waals surface area contributed by atoms with Gasteiger partial charge in [-0.15, -0.1) is 0 Å². The van der Waals surface area contributed by atoms with E-state index in [1.165, 1.54) is 0 Å². The standard InChI is InChI=1S/C10H15O4P/c1-9(14-15(11,12)13)7-8-10-5-3-2-4-6-10/h2-6,9H,7-8H2,1H3,(H2,11,12,13). The lowest BCUT2D eigenvalue weighted by molar-refractivity contribution is 0.139. The molecule has 0 saturated heterocycles. The molecule has 0 bridgehead atoms. The summed E-state index contributed by atoms with van der Waals surface area (Å²) in [5.41, 5.74) is 1.14. The number of hydrogen-bond acceptors (Lipinski definition) is 2. The first-order chi connectivity index (χ1) is 6.97. The van der Waals surface area contributed by atoms with Crippen LogP contribution in [-0.2, 0) is 15.5 Å². The minimum atomic E-state index is -4.34. The van der Waals surface area contributed by atoms with Crippen LogP contribution in [0.1, 0.15) is 18.9 Å². The molecular weight excluding hydrogens is 215 g/mol. The molecule has 84 valence electrons. The summed E-state index contributed by atoms with van der Waals surface area (Å²) in [4.78, 5) is 17.1. The van der Waals surface area contributed by atoms with Gasteiger partial charge in [-0.25, -0.2) is 4.57 Å². The zero-order valence-electron chi connectivity index (χ0n) is 8.54. The van der Waals surface area contributed by atoms with Gasteiger partial charge in [0, 0.05) is 0 Å². The molecule has 0 fully saturated rings. The molecule has 2 N–H and O–H groups in total. The highest BCUT2D eigenvalue weighted by Crippen LogP contribution is 2.38. The molecule has 1 aromatic carbocycles. The van der Waals surface area contributed by atoms with E-state index >= 15 is 0 Å². The molecule has 1 atom stereocenters. The molecule has 0 spiro atoms. The van der Waals surface area contributed by atoms with Crippen LogP contribution >= 0.6 is 7.82 Å². The van der Waals surface area contributed by atoms with E-state index in [-0.39, 0.29) is 0 Å². The van der Waals surface area contributed by atoms with Crippen molar-refractivity contribution in [2.24, 2.45) is 0 Å². The normalized spacial score (nSPS) is 13.8. The number of hydrogen-bond donors (Lipinski definition) is 2. The third kappa shape index (κ3) is 5.70. The first kappa shape index (κ1) is 12.4. The number of phosphoric acid groups is 1. The molecule has 0 radical (unpaired) electrons. The molecule has 0 amide bonds. The van der Waals surface area contributed by atoms with Crippen molar-refractivity contribution in [1.82, 2.24) is 0 Å². The fourth-order valence-corrected chi connectivity index (χ4v) is 1.88. The van der Waals surface area contributed by atoms with E-state index in [1.54, 1.807) is 6.92 Å². The summed E-state index contributed by atoms with van der Waals surface area (Å²) >= 11 is 0. The van der Waals surface area contributed by atoms with Crippen molar-refractivity contribution in [3.8, 4) is 0 Å². The van der Waals surface area contributed by atoms with Gasteiger partial charge in [0.05, 0.1) is 6.10 Å². The maximum absolute atomic E-state index is 10.5. The Hall–Kier alpha value is -0.670. The van der Waals surface area contributed by atoms with Crippen molar-refractivity contribution in [2.45, 2.75) is 25.9 Å². The van der Waals surface area contributed by atoms with E-state index in [9.17, 15) is 4.57 Å². The minimum absolute atomic E-state index is 0.439. The lowest BCUT2D eigenvalue weighted by atomic mass is 10.1. The molecule has 1 aromatic rings. The highest BCUT2D eigenvalue weighted by molar-refractivity contribution is 7.46. The van der Waals surface area contributed by atoms with Gasteiger partial charge in [-0.05, 0) is 25.3 Å². The third-order valence-corrected chi connectivity index (χ3v) is 2.63. The number of rotatable bonds is 5. The summed E-state index contributed by atoms with van der Waals surface area (Å²) in [6, 6.07) is 9.75. The fourth-order valence-electron chi connectivity index (χ4n) is 1.30. The lowest BCUT2D eigenvalue weighted by Gasteiger charge is -2.13. The van der Waals surface area contributed by atoms with Gasteiger partial charge in [-0.3, -0.25) is 4.52 Å². The third-order valence-electron chi connectivity index (χ3n) is 2.00. The Bertz CT molecular complexity index is 333. The second-order valence-electron chi connectivity index (χ2n) is 3.43. The van der Waals surface area contributed by atoms with Crippen LogP contribution in [0.5, 0.6) is 0 Å². The molecule has 0 aromatic heterocycles. The summed E-state index contributed by atoms with van der Waals surface area (Å²) in [5, 5.41) is 0. The monoisotopic (exact) mass is 230 g/mol. The van der Waals surface area contributed by atoms with Crippen molar-refractivity contribution >= 4 is 7.82 Å². The second kappa shape index (κ2) is 5.42. The summed E-state index contributed by atoms with van der Waals surface area (Å²) < 4.78 is 15.1. The molecule has 0 heterocycles. The minimum Gasteiger partial charge on any atom is -0.303 e. The second-order valence-corrected chi connectivity index (χ2v) is 4.62. The average Bonchev–Trinajstić information content (AvgIpc) is 2.14. The zero-order chi connectivity index (χ0) is 11.3. The molecule has 0 aliphatic carbocycles. The van der Waals surface area contributed by atoms with E-state index in [0.717, 1.165) is 12.0 Å². The molecule has 1 unspecified atom stereocenters. The Labute approximate surface area is 89.1 Å². The number of benzene rings is 1. The van der Waals surface area contributed by atoms with Crippen LogP contribution in [-0.4, -0.2) is 15.9 Å². The Morgan fingerprint density at radius 3 is 2.47 bits per heavy atom. The predicted octanol–water partition coefficient (Wildman–Crippen LogP) is 2.12. The van der Waals surface area contributed by atoms with E-state index in [1.807, 2.05) is 30.3 Å². The van der Waals surface area contributed by atoms with Gasteiger partial charge in [-0.1, -0.05) is 30.3 Å². The summed E-state index contributed by atoms with van der Waals surface area (Å²) in [5.74, 6) is 0. The SMILES string of the molecule is CC(CCc1ccccc1)OP(=O)(O)O. The van der Waals surface area contributed by atoms with Crippen LogP contribution in [0.2, 0.25) is 0 Å². The van der Waals surface area contributed by atoms with Crippen LogP contribution in [0, 0.1) is 0 Å². The van der Waals surface area contributed by atoms with Gasteiger partial charge in [0.1, 0.15) is 0 Å². The Kier molecular flexibility index (Phi) is 4.48. The molecule has 1 rings (SSSR count). The van der Waals surface area contributed by atoms with Crippen molar-refractivity contribution < 1.29 is 18.9 Å². The maximum Gasteiger partial charge on any atom is 0.469 e. The van der Waals surface area contributed by atoms with Crippen LogP contribution in [0.25, 0.3) is 0 Å². The van der Waals surface area contributed by atoms with E-state index < -0.39 is 13.9 Å². The van der Waals surface area contributed by atoms with Crippen LogP contribution in [0.4, 0.5) is 0 Å². The van der Waals surface area contributed by atoms with Gasteiger partial charge in [0.15, 0.2) is 0 Å². The van der Waals surface area contributed by atoms with Crippen molar-refractivity contribution in [2.75, 3.05) is 0 Å². The largest absolute Gasteiger partial charge is 0.469 e. The first-order valence-corrected chi connectivity index (χ1v) is 6.28. The van der Waals surface area contributed by atoms with E-state index in [0.29, 0.717) is 6.42 Å². The number of aryl methyl sites for hydroxylation is 1. The molecule has 4 nitrogen and oxygen atoms in total. The predicted molar refractivity (Wildman–Crippen MR) is 57.4 cm³/mol. The Morgan fingerprint density at radius 2 is 1.93 bits per heavy atom. The molecule has 15 heavy (non-hydrogen) atoms. The topological polar surface area (TPSA) is 66.8 Å². The number of phosphoric ester groups is 1. The van der Waals surface area contributed by atoms with Crippen LogP contribution < -0.4 is 0 Å². The quantitative estimate of drug-likeness (QED) is 0.760. The first-order valence-electron chi connectivity index (χ1n) is 4.75. The van der Waals surface area contributed by atoms with Gasteiger partial charge in [0.25, 0.3) is 0 Å². The molecular formula is C10H15O4P. The smallest absolute Gasteiger partial charge is 0.303 e. The van der Waals surface area contributed by atoms with Gasteiger partial charge in [0.2, 0.25) is 0 Å². The van der Waals surface area contributed by atoms with Crippen molar-refractivity contribution in [3.05, 3.63) is 35.9 Å². The zero-order valence-corrected chi connectivity index (χ0v) is 9.43. The highest BCUT2D eigenvalue weighted by atomic mass is 31.2. The summed E-state index contributed by atoms with van der Waals surface area (Å²) in [6.07, 6.45) is 0.906. The van der Waals surface area contributed by atoms with Crippen LogP contribution in [0.15, 0.2) is 30.3 Å².